The smallest absolute Gasteiger partial charge is 0.317 e. The first-order valence-corrected chi connectivity index (χ1v) is 8.37. The van der Waals surface area contributed by atoms with Gasteiger partial charge in [0.25, 0.3) is 0 Å². The van der Waals surface area contributed by atoms with Gasteiger partial charge in [0, 0.05) is 19.1 Å². The van der Waals surface area contributed by atoms with Crippen LogP contribution < -0.4 is 5.32 Å². The lowest BCUT2D eigenvalue weighted by atomic mass is 9.81. The fourth-order valence-corrected chi connectivity index (χ4v) is 5.46. The average molecular weight is 292 g/mol. The highest BCUT2D eigenvalue weighted by Gasteiger charge is 2.56. The Morgan fingerprint density at radius 1 is 1.19 bits per heavy atom. The summed E-state index contributed by atoms with van der Waals surface area (Å²) in [6.45, 7) is 1.03. The van der Waals surface area contributed by atoms with Gasteiger partial charge in [0.05, 0.1) is 5.41 Å². The molecule has 3 aliphatic carbocycles. The van der Waals surface area contributed by atoms with Crippen LogP contribution in [0.2, 0.25) is 0 Å². The third-order valence-corrected chi connectivity index (χ3v) is 6.63. The number of hydrogen-bond donors (Lipinski definition) is 2. The monoisotopic (exact) mass is 292 g/mol. The summed E-state index contributed by atoms with van der Waals surface area (Å²) < 4.78 is 0. The van der Waals surface area contributed by atoms with Gasteiger partial charge in [0.1, 0.15) is 0 Å². The maximum absolute atomic E-state index is 12.5. The van der Waals surface area contributed by atoms with Gasteiger partial charge >= 0.3 is 12.0 Å². The third kappa shape index (κ3) is 1.96. The van der Waals surface area contributed by atoms with Gasteiger partial charge in [-0.2, -0.15) is 0 Å². The second-order valence-corrected chi connectivity index (χ2v) is 7.66. The van der Waals surface area contributed by atoms with Crippen LogP contribution in [0.1, 0.15) is 44.9 Å². The van der Waals surface area contributed by atoms with Gasteiger partial charge < -0.3 is 15.3 Å². The molecule has 0 aromatic rings. The van der Waals surface area contributed by atoms with Gasteiger partial charge in [0.15, 0.2) is 0 Å². The van der Waals surface area contributed by atoms with Crippen LogP contribution in [-0.2, 0) is 4.79 Å². The largest absolute Gasteiger partial charge is 0.481 e. The molecule has 4 aliphatic rings. The standard InChI is InChI=1S/C16H24N2O3/c19-14(20)16-5-1-2-12(16)8-18(9-16)15(21)17-13-7-10-3-4-11(13)6-10/h10-13H,1-9H2,(H,17,21)(H,19,20)/t10?,11?,12-,13?,16+/m0/s1. The second-order valence-electron chi connectivity index (χ2n) is 7.66. The number of urea groups is 1. The molecule has 1 heterocycles. The van der Waals surface area contributed by atoms with E-state index in [9.17, 15) is 14.7 Å². The number of carbonyl (C=O) groups is 2. The van der Waals surface area contributed by atoms with E-state index in [1.54, 1.807) is 4.90 Å². The normalized spacial score (nSPS) is 44.1. The Morgan fingerprint density at radius 3 is 2.67 bits per heavy atom. The maximum Gasteiger partial charge on any atom is 0.317 e. The molecule has 2 bridgehead atoms. The predicted molar refractivity (Wildman–Crippen MR) is 76.8 cm³/mol. The molecule has 0 spiro atoms. The molecular weight excluding hydrogens is 268 g/mol. The minimum atomic E-state index is -0.708. The number of fused-ring (bicyclic) bond motifs is 3. The van der Waals surface area contributed by atoms with Crippen LogP contribution >= 0.6 is 0 Å². The van der Waals surface area contributed by atoms with Gasteiger partial charge in [-0.15, -0.1) is 0 Å². The first-order chi connectivity index (χ1) is 10.1. The van der Waals surface area contributed by atoms with E-state index in [-0.39, 0.29) is 11.9 Å². The van der Waals surface area contributed by atoms with Crippen LogP contribution in [0.25, 0.3) is 0 Å². The van der Waals surface area contributed by atoms with Gasteiger partial charge in [-0.3, -0.25) is 4.79 Å². The van der Waals surface area contributed by atoms with Crippen molar-refractivity contribution in [3.05, 3.63) is 0 Å². The molecule has 1 aliphatic heterocycles. The highest BCUT2D eigenvalue weighted by atomic mass is 16.4. The number of carboxylic acids is 1. The predicted octanol–water partition coefficient (Wildman–Crippen LogP) is 2.07. The molecule has 5 nitrogen and oxygen atoms in total. The number of nitrogens with zero attached hydrogens (tertiary/aromatic N) is 1. The summed E-state index contributed by atoms with van der Waals surface area (Å²) in [5, 5.41) is 12.8. The molecular formula is C16H24N2O3. The molecule has 21 heavy (non-hydrogen) atoms. The van der Waals surface area contributed by atoms with Gasteiger partial charge in [-0.25, -0.2) is 4.79 Å². The van der Waals surface area contributed by atoms with Crippen molar-refractivity contribution in [1.29, 1.82) is 0 Å². The van der Waals surface area contributed by atoms with E-state index >= 15 is 0 Å². The lowest BCUT2D eigenvalue weighted by Gasteiger charge is -2.27. The van der Waals surface area contributed by atoms with Crippen molar-refractivity contribution >= 4 is 12.0 Å². The fraction of sp³-hybridized carbons (Fsp3) is 0.875. The molecule has 4 fully saturated rings. The van der Waals surface area contributed by atoms with E-state index in [1.165, 1.54) is 19.3 Å². The Balaban J connectivity index is 1.41. The molecule has 0 aromatic carbocycles. The zero-order valence-corrected chi connectivity index (χ0v) is 12.4. The van der Waals surface area contributed by atoms with Crippen molar-refractivity contribution in [2.24, 2.45) is 23.2 Å². The van der Waals surface area contributed by atoms with Crippen molar-refractivity contribution in [3.63, 3.8) is 0 Å². The highest BCUT2D eigenvalue weighted by Crippen LogP contribution is 2.49. The van der Waals surface area contributed by atoms with Crippen LogP contribution in [0.5, 0.6) is 0 Å². The number of aliphatic carboxylic acids is 1. The van der Waals surface area contributed by atoms with E-state index in [4.69, 9.17) is 0 Å². The number of carboxylic acid groups (broad SMARTS) is 1. The Hall–Kier alpha value is -1.26. The summed E-state index contributed by atoms with van der Waals surface area (Å²) in [5.41, 5.74) is -0.661. The average Bonchev–Trinajstić information content (AvgIpc) is 3.17. The molecule has 2 amide bonds. The minimum Gasteiger partial charge on any atom is -0.481 e. The van der Waals surface area contributed by atoms with Gasteiger partial charge in [-0.1, -0.05) is 12.8 Å². The number of amides is 2. The maximum atomic E-state index is 12.5. The van der Waals surface area contributed by atoms with Gasteiger partial charge in [0.2, 0.25) is 0 Å². The topological polar surface area (TPSA) is 69.6 Å². The Bertz CT molecular complexity index is 480. The van der Waals surface area contributed by atoms with E-state index in [1.807, 2.05) is 0 Å². The molecule has 4 rings (SSSR count). The molecule has 0 radical (unpaired) electrons. The van der Waals surface area contributed by atoms with Crippen LogP contribution in [0.3, 0.4) is 0 Å². The van der Waals surface area contributed by atoms with E-state index in [0.29, 0.717) is 25.0 Å². The van der Waals surface area contributed by atoms with Crippen molar-refractivity contribution < 1.29 is 14.7 Å². The van der Waals surface area contributed by atoms with Crippen LogP contribution in [0.4, 0.5) is 4.79 Å². The number of hydrogen-bond acceptors (Lipinski definition) is 2. The van der Waals surface area contributed by atoms with Crippen molar-refractivity contribution in [3.8, 4) is 0 Å². The Labute approximate surface area is 125 Å². The second kappa shape index (κ2) is 4.62. The zero-order chi connectivity index (χ0) is 14.6. The molecule has 116 valence electrons. The van der Waals surface area contributed by atoms with Crippen LogP contribution in [0, 0.1) is 23.2 Å². The SMILES string of the molecule is O=C(NC1CC2CCC1C2)N1C[C@@H]2CCC[C@@]2(C(=O)O)C1. The molecule has 3 saturated carbocycles. The Morgan fingerprint density at radius 2 is 2.05 bits per heavy atom. The van der Waals surface area contributed by atoms with E-state index in [0.717, 1.165) is 31.6 Å². The summed E-state index contributed by atoms with van der Waals surface area (Å²) >= 11 is 0. The molecule has 1 saturated heterocycles. The molecule has 0 aromatic heterocycles. The molecule has 5 heteroatoms. The van der Waals surface area contributed by atoms with Crippen molar-refractivity contribution in [2.45, 2.75) is 51.0 Å². The van der Waals surface area contributed by atoms with E-state index < -0.39 is 11.4 Å². The lowest BCUT2D eigenvalue weighted by Crippen LogP contribution is -2.47. The molecule has 2 N–H and O–H groups in total. The molecule has 5 atom stereocenters. The Kier molecular flexibility index (Phi) is 2.95. The third-order valence-electron chi connectivity index (χ3n) is 6.63. The summed E-state index contributed by atoms with van der Waals surface area (Å²) in [5.74, 6) is 0.916. The van der Waals surface area contributed by atoms with E-state index in [2.05, 4.69) is 5.32 Å². The fourth-order valence-electron chi connectivity index (χ4n) is 5.46. The zero-order valence-electron chi connectivity index (χ0n) is 12.4. The number of carbonyl (C=O) groups excluding carboxylic acids is 1. The number of rotatable bonds is 2. The van der Waals surface area contributed by atoms with Crippen LogP contribution in [-0.4, -0.2) is 41.1 Å². The summed E-state index contributed by atoms with van der Waals surface area (Å²) in [6.07, 6.45) is 7.63. The minimum absolute atomic E-state index is 0.0254. The quantitative estimate of drug-likeness (QED) is 0.818. The summed E-state index contributed by atoms with van der Waals surface area (Å²) in [6, 6.07) is 0.306. The van der Waals surface area contributed by atoms with Crippen LogP contribution in [0.15, 0.2) is 0 Å². The van der Waals surface area contributed by atoms with Gasteiger partial charge in [-0.05, 0) is 49.9 Å². The van der Waals surface area contributed by atoms with Crippen molar-refractivity contribution in [2.75, 3.05) is 13.1 Å². The summed E-state index contributed by atoms with van der Waals surface area (Å²) in [7, 11) is 0. The number of nitrogens with one attached hydrogen (secondary N) is 1. The summed E-state index contributed by atoms with van der Waals surface area (Å²) in [4.78, 5) is 25.9. The molecule has 3 unspecified atom stereocenters. The van der Waals surface area contributed by atoms with Crippen molar-refractivity contribution in [1.82, 2.24) is 10.2 Å². The first-order valence-electron chi connectivity index (χ1n) is 8.37. The number of likely N-dealkylation sites (tertiary alicyclic amines) is 1. The first kappa shape index (κ1) is 13.4. The lowest BCUT2D eigenvalue weighted by molar-refractivity contribution is -0.149. The highest BCUT2D eigenvalue weighted by molar-refractivity contribution is 5.80.